The molecule has 0 fully saturated rings. The summed E-state index contributed by atoms with van der Waals surface area (Å²) in [4.78, 5) is 2.43. The van der Waals surface area contributed by atoms with Crippen LogP contribution in [0.15, 0.2) is 221 Å². The van der Waals surface area contributed by atoms with Crippen LogP contribution in [-0.2, 0) is 5.41 Å². The zero-order valence-electron chi connectivity index (χ0n) is 31.5. The lowest BCUT2D eigenvalue weighted by Gasteiger charge is -2.34. The first-order chi connectivity index (χ1) is 28.8. The Labute approximate surface area is 335 Å². The molecule has 0 saturated carbocycles. The molecule has 1 aliphatic carbocycles. The normalized spacial score (nSPS) is 14.6. The number of nitrogens with zero attached hydrogens (tertiary/aromatic N) is 1. The summed E-state index contributed by atoms with van der Waals surface area (Å²) in [6, 6.07) is 76.2. The maximum Gasteiger partial charge on any atom is 0.140 e. The Balaban J connectivity index is 1.16. The van der Waals surface area contributed by atoms with Crippen LogP contribution < -0.4 is 4.90 Å². The molecule has 11 aromatic rings. The molecule has 272 valence electrons. The lowest BCUT2D eigenvalue weighted by atomic mass is 9.67. The van der Waals surface area contributed by atoms with Crippen LogP contribution in [-0.4, -0.2) is 0 Å². The van der Waals surface area contributed by atoms with Gasteiger partial charge in [0, 0.05) is 44.0 Å². The summed E-state index contributed by atoms with van der Waals surface area (Å²) in [5.74, 6) is 0. The zero-order chi connectivity index (χ0) is 38.2. The van der Waals surface area contributed by atoms with Gasteiger partial charge in [-0.15, -0.1) is 0 Å². The van der Waals surface area contributed by atoms with Gasteiger partial charge in [0.25, 0.3) is 0 Å². The monoisotopic (exact) mass is 741 g/mol. The summed E-state index contributed by atoms with van der Waals surface area (Å²) in [5.41, 5.74) is 15.6. The second kappa shape index (κ2) is 12.7. The van der Waals surface area contributed by atoms with Gasteiger partial charge in [-0.2, -0.15) is 0 Å². The lowest BCUT2D eigenvalue weighted by Crippen LogP contribution is -2.28. The third kappa shape index (κ3) is 4.68. The average Bonchev–Trinajstić information content (AvgIpc) is 3.96. The van der Waals surface area contributed by atoms with E-state index in [0.717, 1.165) is 66.5 Å². The predicted molar refractivity (Wildman–Crippen MR) is 238 cm³/mol. The van der Waals surface area contributed by atoms with Crippen LogP contribution in [0, 0.1) is 0 Å². The maximum atomic E-state index is 6.89. The number of para-hydroxylation sites is 3. The van der Waals surface area contributed by atoms with Gasteiger partial charge in [-0.3, -0.25) is 0 Å². The quantitative estimate of drug-likeness (QED) is 0.170. The molecular weight excluding hydrogens is 707 g/mol. The zero-order valence-corrected chi connectivity index (χ0v) is 31.5. The summed E-state index contributed by atoms with van der Waals surface area (Å²) in [7, 11) is 0. The lowest BCUT2D eigenvalue weighted by molar-refractivity contribution is 0.648. The highest BCUT2D eigenvalue weighted by atomic mass is 16.3. The van der Waals surface area contributed by atoms with E-state index in [-0.39, 0.29) is 0 Å². The number of rotatable bonds is 6. The van der Waals surface area contributed by atoms with Gasteiger partial charge in [-0.25, -0.2) is 0 Å². The summed E-state index contributed by atoms with van der Waals surface area (Å²) >= 11 is 0. The van der Waals surface area contributed by atoms with Crippen molar-refractivity contribution >= 4 is 60.9 Å². The summed E-state index contributed by atoms with van der Waals surface area (Å²) in [6.07, 6.45) is 0. The van der Waals surface area contributed by atoms with Gasteiger partial charge >= 0.3 is 0 Å². The largest absolute Gasteiger partial charge is 0.456 e. The topological polar surface area (TPSA) is 29.5 Å². The van der Waals surface area contributed by atoms with Crippen molar-refractivity contribution in [3.63, 3.8) is 0 Å². The Kier molecular flexibility index (Phi) is 7.14. The number of furan rings is 2. The van der Waals surface area contributed by atoms with Gasteiger partial charge in [0.05, 0.1) is 11.1 Å². The van der Waals surface area contributed by atoms with Crippen molar-refractivity contribution in [1.29, 1.82) is 0 Å². The molecule has 0 spiro atoms. The Morgan fingerprint density at radius 3 is 1.74 bits per heavy atom. The van der Waals surface area contributed by atoms with Crippen molar-refractivity contribution in [2.45, 2.75) is 5.41 Å². The van der Waals surface area contributed by atoms with Gasteiger partial charge in [-0.05, 0) is 81.9 Å². The number of benzene rings is 9. The fourth-order valence-electron chi connectivity index (χ4n) is 9.70. The first-order valence-electron chi connectivity index (χ1n) is 19.8. The van der Waals surface area contributed by atoms with Crippen LogP contribution in [0.5, 0.6) is 0 Å². The SMILES string of the molecule is c1ccc(-c2ccc(N(c3ccc4oc5ccccc5c4c3)c3cccc4c3-c3ccccc3C4(c3ccccc3)c3cccc4c3oc3ccccc34)cc2)cc1. The van der Waals surface area contributed by atoms with Crippen LogP contribution >= 0.6 is 0 Å². The molecule has 9 aromatic carbocycles. The van der Waals surface area contributed by atoms with E-state index in [1.807, 2.05) is 12.1 Å². The van der Waals surface area contributed by atoms with E-state index < -0.39 is 5.41 Å². The molecule has 58 heavy (non-hydrogen) atoms. The van der Waals surface area contributed by atoms with Crippen LogP contribution in [0.25, 0.3) is 66.1 Å². The number of hydrogen-bond acceptors (Lipinski definition) is 3. The molecule has 0 amide bonds. The van der Waals surface area contributed by atoms with E-state index in [1.165, 1.54) is 38.9 Å². The average molecular weight is 742 g/mol. The molecule has 0 radical (unpaired) electrons. The van der Waals surface area contributed by atoms with Crippen molar-refractivity contribution in [3.8, 4) is 22.3 Å². The highest BCUT2D eigenvalue weighted by Gasteiger charge is 2.49. The molecule has 0 N–H and O–H groups in total. The van der Waals surface area contributed by atoms with Crippen LogP contribution in [0.4, 0.5) is 17.1 Å². The molecule has 2 aromatic heterocycles. The third-order valence-corrected chi connectivity index (χ3v) is 12.2. The Morgan fingerprint density at radius 1 is 0.362 bits per heavy atom. The fourth-order valence-corrected chi connectivity index (χ4v) is 9.70. The minimum atomic E-state index is -0.676. The van der Waals surface area contributed by atoms with Gasteiger partial charge in [0.2, 0.25) is 0 Å². The second-order valence-corrected chi connectivity index (χ2v) is 15.2. The minimum Gasteiger partial charge on any atom is -0.456 e. The molecule has 1 aliphatic rings. The highest BCUT2D eigenvalue weighted by molar-refractivity contribution is 6.09. The van der Waals surface area contributed by atoms with Crippen molar-refractivity contribution in [1.82, 2.24) is 0 Å². The molecule has 3 nitrogen and oxygen atoms in total. The van der Waals surface area contributed by atoms with E-state index in [9.17, 15) is 0 Å². The van der Waals surface area contributed by atoms with Crippen molar-refractivity contribution in [2.24, 2.45) is 0 Å². The van der Waals surface area contributed by atoms with Gasteiger partial charge in [-0.1, -0.05) is 164 Å². The maximum absolute atomic E-state index is 6.89. The summed E-state index contributed by atoms with van der Waals surface area (Å²) in [6.45, 7) is 0. The third-order valence-electron chi connectivity index (χ3n) is 12.2. The van der Waals surface area contributed by atoms with Crippen molar-refractivity contribution < 1.29 is 8.83 Å². The van der Waals surface area contributed by atoms with Crippen LogP contribution in [0.3, 0.4) is 0 Å². The molecule has 3 heteroatoms. The molecule has 0 saturated heterocycles. The second-order valence-electron chi connectivity index (χ2n) is 15.2. The predicted octanol–water partition coefficient (Wildman–Crippen LogP) is 15.0. The molecule has 12 rings (SSSR count). The molecule has 0 bridgehead atoms. The fraction of sp³-hybridized carbons (Fsp3) is 0.0182. The van der Waals surface area contributed by atoms with Crippen molar-refractivity contribution in [3.05, 3.63) is 235 Å². The Morgan fingerprint density at radius 2 is 0.931 bits per heavy atom. The van der Waals surface area contributed by atoms with Gasteiger partial charge < -0.3 is 13.7 Å². The van der Waals surface area contributed by atoms with E-state index in [4.69, 9.17) is 8.83 Å². The molecule has 2 heterocycles. The van der Waals surface area contributed by atoms with E-state index in [1.54, 1.807) is 0 Å². The molecule has 1 unspecified atom stereocenters. The first-order valence-corrected chi connectivity index (χ1v) is 19.8. The first kappa shape index (κ1) is 32.6. The number of fused-ring (bicyclic) bond motifs is 9. The molecule has 1 atom stereocenters. The van der Waals surface area contributed by atoms with Crippen LogP contribution in [0.2, 0.25) is 0 Å². The molecular formula is C55H35NO2. The van der Waals surface area contributed by atoms with Crippen LogP contribution in [0.1, 0.15) is 22.3 Å². The Hall–Kier alpha value is -7.62. The standard InChI is InChI=1S/C55H35NO2/c1-3-15-36(16-4-1)37-29-31-39(32-30-37)56(40-33-34-52-45(35-40)42-20-9-11-27-50(42)57-52)49-26-14-24-47-53(49)44-21-7-10-23-46(44)55(47,38-17-5-2-6-18-38)48-25-13-22-43-41-19-8-12-28-51(41)58-54(43)48/h1-35H. The van der Waals surface area contributed by atoms with E-state index in [0.29, 0.717) is 0 Å². The van der Waals surface area contributed by atoms with Gasteiger partial charge in [0.15, 0.2) is 0 Å². The molecule has 0 aliphatic heterocycles. The summed E-state index contributed by atoms with van der Waals surface area (Å²) in [5, 5.41) is 4.42. The van der Waals surface area contributed by atoms with E-state index >= 15 is 0 Å². The minimum absolute atomic E-state index is 0.676. The smallest absolute Gasteiger partial charge is 0.140 e. The summed E-state index contributed by atoms with van der Waals surface area (Å²) < 4.78 is 13.2. The number of hydrogen-bond donors (Lipinski definition) is 0. The van der Waals surface area contributed by atoms with E-state index in [2.05, 4.69) is 205 Å². The number of anilines is 3. The highest BCUT2D eigenvalue weighted by Crippen LogP contribution is 2.60. The van der Waals surface area contributed by atoms with Gasteiger partial charge in [0.1, 0.15) is 22.3 Å². The van der Waals surface area contributed by atoms with Crippen molar-refractivity contribution in [2.75, 3.05) is 4.90 Å². The Bertz CT molecular complexity index is 3340.